The molecule has 0 unspecified atom stereocenters. The van der Waals surface area contributed by atoms with Crippen LogP contribution in [0, 0.1) is 5.92 Å². The van der Waals surface area contributed by atoms with Crippen molar-refractivity contribution < 1.29 is 13.6 Å². The lowest BCUT2D eigenvalue weighted by atomic mass is 10.1. The summed E-state index contributed by atoms with van der Waals surface area (Å²) in [5, 5.41) is 8.31. The molecule has 1 saturated carbocycles. The van der Waals surface area contributed by atoms with Gasteiger partial charge in [0.25, 0.3) is 11.5 Å². The second-order valence-electron chi connectivity index (χ2n) is 8.88. The first-order valence-corrected chi connectivity index (χ1v) is 11.2. The van der Waals surface area contributed by atoms with Gasteiger partial charge in [-0.05, 0) is 31.0 Å². The Morgan fingerprint density at radius 3 is 2.74 bits per heavy atom. The van der Waals surface area contributed by atoms with Crippen LogP contribution in [-0.2, 0) is 4.79 Å². The Morgan fingerprint density at radius 1 is 1.18 bits per heavy atom. The summed E-state index contributed by atoms with van der Waals surface area (Å²) in [6.45, 7) is 0.542. The number of hydrogen-bond donors (Lipinski definition) is 2. The maximum Gasteiger partial charge on any atom is 0.257 e. The SMILES string of the molecule is O=C(Nc1cc2c(-c3nc4ccc(N5CCC(F)(F)CC5)cn4n3)c[nH]c(=O)c2cn1)C1CC1. The molecule has 0 bridgehead atoms. The number of carbonyl (C=O) groups excluding carboxylic acids is 1. The van der Waals surface area contributed by atoms with E-state index in [0.29, 0.717) is 33.6 Å². The summed E-state index contributed by atoms with van der Waals surface area (Å²) < 4.78 is 28.7. The van der Waals surface area contributed by atoms with E-state index in [1.54, 1.807) is 29.0 Å². The predicted molar refractivity (Wildman–Crippen MR) is 122 cm³/mol. The van der Waals surface area contributed by atoms with Crippen LogP contribution in [-0.4, -0.2) is 49.5 Å². The topological polar surface area (TPSA) is 108 Å². The third kappa shape index (κ3) is 3.76. The van der Waals surface area contributed by atoms with Crippen LogP contribution in [0.1, 0.15) is 25.7 Å². The minimum Gasteiger partial charge on any atom is -0.370 e. The highest BCUT2D eigenvalue weighted by atomic mass is 19.3. The molecule has 6 rings (SSSR count). The third-order valence-corrected chi connectivity index (χ3v) is 6.40. The van der Waals surface area contributed by atoms with E-state index in [1.807, 2.05) is 11.0 Å². The molecule has 11 heteroatoms. The highest BCUT2D eigenvalue weighted by Crippen LogP contribution is 2.32. The Bertz CT molecular complexity index is 1480. The number of alkyl halides is 2. The van der Waals surface area contributed by atoms with E-state index >= 15 is 0 Å². The quantitative estimate of drug-likeness (QED) is 0.479. The zero-order chi connectivity index (χ0) is 23.4. The lowest BCUT2D eigenvalue weighted by Gasteiger charge is -2.33. The number of anilines is 2. The van der Waals surface area contributed by atoms with Gasteiger partial charge in [0.15, 0.2) is 11.5 Å². The van der Waals surface area contributed by atoms with E-state index in [1.165, 1.54) is 6.20 Å². The van der Waals surface area contributed by atoms with Crippen molar-refractivity contribution in [2.45, 2.75) is 31.6 Å². The number of nitrogens with zero attached hydrogens (tertiary/aromatic N) is 5. The van der Waals surface area contributed by atoms with Crippen LogP contribution in [0.3, 0.4) is 0 Å². The molecule has 5 heterocycles. The first kappa shape index (κ1) is 20.7. The normalized spacial score (nSPS) is 17.9. The standard InChI is InChI=1S/C23H21F2N7O2/c24-23(25)5-7-31(8-6-23)14-3-4-19-29-20(30-32(19)12-14)16-10-27-22(34)17-11-26-18(9-15(16)17)28-21(33)13-1-2-13/h3-4,9-13H,1-2,5-8H2,(H,27,34)(H,26,28,33). The van der Waals surface area contributed by atoms with E-state index in [-0.39, 0.29) is 43.3 Å². The number of aromatic amines is 1. The maximum absolute atomic E-state index is 13.5. The average molecular weight is 465 g/mol. The number of amides is 1. The summed E-state index contributed by atoms with van der Waals surface area (Å²) in [4.78, 5) is 37.9. The van der Waals surface area contributed by atoms with Crippen LogP contribution in [0.4, 0.5) is 20.3 Å². The van der Waals surface area contributed by atoms with E-state index in [4.69, 9.17) is 0 Å². The second-order valence-corrected chi connectivity index (χ2v) is 8.88. The lowest BCUT2D eigenvalue weighted by Crippen LogP contribution is -2.39. The van der Waals surface area contributed by atoms with Crippen molar-refractivity contribution in [3.8, 4) is 11.4 Å². The minimum atomic E-state index is -2.61. The molecule has 0 radical (unpaired) electrons. The summed E-state index contributed by atoms with van der Waals surface area (Å²) in [6.07, 6.45) is 6.13. The first-order valence-electron chi connectivity index (χ1n) is 11.2. The number of halogens is 2. The highest BCUT2D eigenvalue weighted by molar-refractivity contribution is 5.98. The maximum atomic E-state index is 13.5. The molecule has 4 aromatic heterocycles. The molecule has 1 saturated heterocycles. The van der Waals surface area contributed by atoms with Crippen molar-refractivity contribution in [1.82, 2.24) is 24.6 Å². The van der Waals surface area contributed by atoms with Crippen LogP contribution in [0.15, 0.2) is 41.6 Å². The van der Waals surface area contributed by atoms with E-state index < -0.39 is 5.92 Å². The number of nitrogens with one attached hydrogen (secondary N) is 2. The van der Waals surface area contributed by atoms with Crippen LogP contribution >= 0.6 is 0 Å². The monoisotopic (exact) mass is 465 g/mol. The molecule has 2 aliphatic rings. The van der Waals surface area contributed by atoms with Gasteiger partial charge in [0.2, 0.25) is 5.91 Å². The summed E-state index contributed by atoms with van der Waals surface area (Å²) in [5.41, 5.74) is 1.65. The Balaban J connectivity index is 1.37. The average Bonchev–Trinajstić information content (AvgIpc) is 3.58. The van der Waals surface area contributed by atoms with Crippen LogP contribution in [0.25, 0.3) is 27.8 Å². The van der Waals surface area contributed by atoms with E-state index in [9.17, 15) is 18.4 Å². The number of pyridine rings is 3. The van der Waals surface area contributed by atoms with Crippen LogP contribution in [0.2, 0.25) is 0 Å². The van der Waals surface area contributed by atoms with Crippen molar-refractivity contribution in [3.63, 3.8) is 0 Å². The Hall–Kier alpha value is -3.89. The predicted octanol–water partition coefficient (Wildman–Crippen LogP) is 3.22. The van der Waals surface area contributed by atoms with E-state index in [0.717, 1.165) is 18.5 Å². The number of piperidine rings is 1. The van der Waals surface area contributed by atoms with Crippen molar-refractivity contribution in [2.24, 2.45) is 5.92 Å². The van der Waals surface area contributed by atoms with Crippen molar-refractivity contribution in [2.75, 3.05) is 23.3 Å². The smallest absolute Gasteiger partial charge is 0.257 e. The molecule has 1 aliphatic carbocycles. The Labute approximate surface area is 191 Å². The fraction of sp³-hybridized carbons (Fsp3) is 0.348. The molecule has 0 spiro atoms. The van der Waals surface area contributed by atoms with Gasteiger partial charge in [0.1, 0.15) is 5.82 Å². The highest BCUT2D eigenvalue weighted by Gasteiger charge is 2.34. The molecule has 9 nitrogen and oxygen atoms in total. The van der Waals surface area contributed by atoms with Crippen molar-refractivity contribution >= 4 is 33.8 Å². The molecule has 2 N–H and O–H groups in total. The Morgan fingerprint density at radius 2 is 1.97 bits per heavy atom. The first-order chi connectivity index (χ1) is 16.4. The number of aromatic nitrogens is 5. The van der Waals surface area contributed by atoms with Gasteiger partial charge < -0.3 is 15.2 Å². The number of hydrogen-bond acceptors (Lipinski definition) is 6. The lowest BCUT2D eigenvalue weighted by molar-refractivity contribution is -0.117. The largest absolute Gasteiger partial charge is 0.370 e. The molecule has 174 valence electrons. The van der Waals surface area contributed by atoms with Gasteiger partial charge in [-0.25, -0.2) is 23.3 Å². The van der Waals surface area contributed by atoms with Crippen molar-refractivity contribution in [1.29, 1.82) is 0 Å². The molecule has 1 aliphatic heterocycles. The zero-order valence-corrected chi connectivity index (χ0v) is 18.1. The van der Waals surface area contributed by atoms with Gasteiger partial charge in [-0.15, -0.1) is 5.10 Å². The van der Waals surface area contributed by atoms with Gasteiger partial charge >= 0.3 is 0 Å². The van der Waals surface area contributed by atoms with Gasteiger partial charge in [-0.3, -0.25) is 9.59 Å². The fourth-order valence-electron chi connectivity index (χ4n) is 4.24. The van der Waals surface area contributed by atoms with Gasteiger partial charge in [0.05, 0.1) is 17.3 Å². The van der Waals surface area contributed by atoms with Crippen molar-refractivity contribution in [3.05, 3.63) is 47.1 Å². The molecule has 2 fully saturated rings. The number of carbonyl (C=O) groups is 1. The Kier molecular flexibility index (Phi) is 4.61. The van der Waals surface area contributed by atoms with E-state index in [2.05, 4.69) is 25.4 Å². The summed E-state index contributed by atoms with van der Waals surface area (Å²) in [6, 6.07) is 5.29. The molecule has 1 amide bonds. The number of H-pyrrole nitrogens is 1. The summed E-state index contributed by atoms with van der Waals surface area (Å²) in [5.74, 6) is -1.92. The van der Waals surface area contributed by atoms with Crippen LogP contribution in [0.5, 0.6) is 0 Å². The molecular weight excluding hydrogens is 444 g/mol. The zero-order valence-electron chi connectivity index (χ0n) is 18.1. The van der Waals surface area contributed by atoms with Crippen LogP contribution < -0.4 is 15.8 Å². The third-order valence-electron chi connectivity index (χ3n) is 6.40. The van der Waals surface area contributed by atoms with Gasteiger partial charge in [-0.1, -0.05) is 0 Å². The summed E-state index contributed by atoms with van der Waals surface area (Å²) >= 11 is 0. The minimum absolute atomic E-state index is 0.0246. The number of rotatable bonds is 4. The molecular formula is C23H21F2N7O2. The molecule has 0 atom stereocenters. The second kappa shape index (κ2) is 7.57. The molecule has 34 heavy (non-hydrogen) atoms. The fourth-order valence-corrected chi connectivity index (χ4v) is 4.24. The van der Waals surface area contributed by atoms with Gasteiger partial charge in [-0.2, -0.15) is 0 Å². The molecule has 4 aromatic rings. The van der Waals surface area contributed by atoms with Gasteiger partial charge in [0, 0.05) is 55.2 Å². The molecule has 0 aromatic carbocycles. The number of fused-ring (bicyclic) bond motifs is 2. The summed E-state index contributed by atoms with van der Waals surface area (Å²) in [7, 11) is 0.